The molecular weight excluding hydrogens is 533 g/mol. The molecular formula is C24H36IN5O3. The predicted molar refractivity (Wildman–Crippen MR) is 140 cm³/mol. The molecule has 1 fully saturated rings. The number of nitrogens with one attached hydrogen (secondary N) is 3. The van der Waals surface area contributed by atoms with E-state index in [1.807, 2.05) is 24.3 Å². The van der Waals surface area contributed by atoms with E-state index in [0.29, 0.717) is 18.3 Å². The standard InChI is InChI=1S/C24H35N5O3.HI/c1-4-21-20(22(5-2)32-29-21)15-27-24(25-6-3)26-14-13-17-7-11-19(12-8-17)31-16-23(30)28-18-9-10-18;/h7-8,11-12,18H,4-6,9-10,13-16H2,1-3H3,(H,28,30)(H2,25,26,27);1H. The minimum absolute atomic E-state index is 0. The van der Waals surface area contributed by atoms with E-state index in [-0.39, 0.29) is 36.5 Å². The van der Waals surface area contributed by atoms with Crippen LogP contribution in [0.5, 0.6) is 5.75 Å². The second-order valence-corrected chi connectivity index (χ2v) is 7.88. The molecule has 1 heterocycles. The van der Waals surface area contributed by atoms with Gasteiger partial charge in [0.25, 0.3) is 5.91 Å². The summed E-state index contributed by atoms with van der Waals surface area (Å²) in [5, 5.41) is 13.8. The molecule has 0 radical (unpaired) electrons. The highest BCUT2D eigenvalue weighted by Gasteiger charge is 2.23. The van der Waals surface area contributed by atoms with E-state index in [1.54, 1.807) is 0 Å². The highest BCUT2D eigenvalue weighted by atomic mass is 127. The molecule has 0 spiro atoms. The van der Waals surface area contributed by atoms with Gasteiger partial charge in [-0.25, -0.2) is 4.99 Å². The number of aryl methyl sites for hydroxylation is 2. The van der Waals surface area contributed by atoms with Crippen LogP contribution in [0.15, 0.2) is 33.8 Å². The summed E-state index contributed by atoms with van der Waals surface area (Å²) in [6.07, 6.45) is 4.65. The molecule has 1 aliphatic rings. The average Bonchev–Trinajstić information content (AvgIpc) is 3.53. The van der Waals surface area contributed by atoms with Crippen molar-refractivity contribution >= 4 is 35.8 Å². The third kappa shape index (κ3) is 8.87. The van der Waals surface area contributed by atoms with Crippen LogP contribution in [0.2, 0.25) is 0 Å². The number of hydrogen-bond acceptors (Lipinski definition) is 5. The average molecular weight is 569 g/mol. The van der Waals surface area contributed by atoms with Crippen LogP contribution in [0.4, 0.5) is 0 Å². The van der Waals surface area contributed by atoms with Crippen LogP contribution in [-0.2, 0) is 30.6 Å². The Morgan fingerprint density at radius 2 is 1.91 bits per heavy atom. The van der Waals surface area contributed by atoms with Crippen molar-refractivity contribution in [1.82, 2.24) is 21.1 Å². The zero-order chi connectivity index (χ0) is 22.8. The van der Waals surface area contributed by atoms with Crippen molar-refractivity contribution in [3.8, 4) is 5.75 Å². The quantitative estimate of drug-likeness (QED) is 0.206. The van der Waals surface area contributed by atoms with Gasteiger partial charge >= 0.3 is 0 Å². The lowest BCUT2D eigenvalue weighted by Crippen LogP contribution is -2.38. The Bertz CT molecular complexity index is 873. The summed E-state index contributed by atoms with van der Waals surface area (Å²) in [5.41, 5.74) is 3.26. The molecule has 0 aliphatic heterocycles. The van der Waals surface area contributed by atoms with E-state index in [9.17, 15) is 4.79 Å². The molecule has 9 heteroatoms. The molecule has 33 heavy (non-hydrogen) atoms. The smallest absolute Gasteiger partial charge is 0.258 e. The molecule has 8 nitrogen and oxygen atoms in total. The van der Waals surface area contributed by atoms with Gasteiger partial charge < -0.3 is 25.2 Å². The minimum atomic E-state index is -0.0562. The van der Waals surface area contributed by atoms with Gasteiger partial charge in [0, 0.05) is 31.1 Å². The molecule has 0 unspecified atom stereocenters. The van der Waals surface area contributed by atoms with Gasteiger partial charge in [0.15, 0.2) is 12.6 Å². The third-order valence-corrected chi connectivity index (χ3v) is 5.29. The van der Waals surface area contributed by atoms with Crippen LogP contribution in [0, 0.1) is 0 Å². The number of ether oxygens (including phenoxy) is 1. The number of amides is 1. The van der Waals surface area contributed by atoms with Gasteiger partial charge in [-0.05, 0) is 50.3 Å². The van der Waals surface area contributed by atoms with Crippen LogP contribution in [0.25, 0.3) is 0 Å². The monoisotopic (exact) mass is 569 g/mol. The molecule has 1 saturated carbocycles. The van der Waals surface area contributed by atoms with Gasteiger partial charge in [0.1, 0.15) is 11.5 Å². The minimum Gasteiger partial charge on any atom is -0.484 e. The molecule has 2 aromatic rings. The first-order chi connectivity index (χ1) is 15.6. The van der Waals surface area contributed by atoms with Crippen LogP contribution in [-0.4, -0.2) is 42.8 Å². The third-order valence-electron chi connectivity index (χ3n) is 5.29. The Hall–Kier alpha value is -2.30. The lowest BCUT2D eigenvalue weighted by atomic mass is 10.1. The molecule has 1 aromatic carbocycles. The number of carbonyl (C=O) groups is 1. The largest absolute Gasteiger partial charge is 0.484 e. The number of halogens is 1. The number of guanidine groups is 1. The zero-order valence-electron chi connectivity index (χ0n) is 19.8. The van der Waals surface area contributed by atoms with Crippen LogP contribution >= 0.6 is 24.0 Å². The van der Waals surface area contributed by atoms with Crippen molar-refractivity contribution in [2.75, 3.05) is 19.7 Å². The van der Waals surface area contributed by atoms with Gasteiger partial charge in [-0.3, -0.25) is 4.79 Å². The lowest BCUT2D eigenvalue weighted by molar-refractivity contribution is -0.123. The van der Waals surface area contributed by atoms with Crippen LogP contribution in [0.3, 0.4) is 0 Å². The summed E-state index contributed by atoms with van der Waals surface area (Å²) in [6.45, 7) is 8.34. The van der Waals surface area contributed by atoms with Crippen molar-refractivity contribution in [2.45, 2.75) is 65.5 Å². The van der Waals surface area contributed by atoms with Gasteiger partial charge in [0.2, 0.25) is 0 Å². The summed E-state index contributed by atoms with van der Waals surface area (Å²) in [6, 6.07) is 8.22. The van der Waals surface area contributed by atoms with E-state index < -0.39 is 0 Å². The fourth-order valence-corrected chi connectivity index (χ4v) is 3.34. The molecule has 1 aromatic heterocycles. The first-order valence-electron chi connectivity index (χ1n) is 11.6. The van der Waals surface area contributed by atoms with E-state index in [4.69, 9.17) is 14.3 Å². The summed E-state index contributed by atoms with van der Waals surface area (Å²) in [4.78, 5) is 16.4. The van der Waals surface area contributed by atoms with Crippen LogP contribution in [0.1, 0.15) is 56.2 Å². The normalized spacial score (nSPS) is 13.2. The summed E-state index contributed by atoms with van der Waals surface area (Å²) < 4.78 is 11.0. The van der Waals surface area contributed by atoms with Crippen molar-refractivity contribution in [3.05, 3.63) is 46.8 Å². The number of aromatic nitrogens is 1. The Balaban J connectivity index is 0.00000385. The highest BCUT2D eigenvalue weighted by molar-refractivity contribution is 14.0. The second kappa shape index (κ2) is 14.1. The predicted octanol–water partition coefficient (Wildman–Crippen LogP) is 3.37. The Morgan fingerprint density at radius 3 is 2.55 bits per heavy atom. The Kier molecular flexibility index (Phi) is 11.5. The molecule has 3 N–H and O–H groups in total. The molecule has 0 saturated heterocycles. The van der Waals surface area contributed by atoms with Gasteiger partial charge in [-0.1, -0.05) is 31.1 Å². The van der Waals surface area contributed by atoms with Crippen molar-refractivity contribution in [2.24, 2.45) is 4.99 Å². The topological polar surface area (TPSA) is 101 Å². The maximum Gasteiger partial charge on any atom is 0.258 e. The maximum absolute atomic E-state index is 11.7. The molecule has 1 aliphatic carbocycles. The van der Waals surface area contributed by atoms with Crippen molar-refractivity contribution < 1.29 is 14.1 Å². The fraction of sp³-hybridized carbons (Fsp3) is 0.542. The van der Waals surface area contributed by atoms with E-state index >= 15 is 0 Å². The number of hydrogen-bond donors (Lipinski definition) is 3. The van der Waals surface area contributed by atoms with Gasteiger partial charge in [0.05, 0.1) is 12.2 Å². The molecule has 182 valence electrons. The van der Waals surface area contributed by atoms with E-state index in [2.05, 4.69) is 41.9 Å². The summed E-state index contributed by atoms with van der Waals surface area (Å²) in [5.74, 6) is 2.34. The van der Waals surface area contributed by atoms with Crippen LogP contribution < -0.4 is 20.7 Å². The number of rotatable bonds is 12. The Labute approximate surface area is 213 Å². The van der Waals surface area contributed by atoms with Crippen molar-refractivity contribution in [3.63, 3.8) is 0 Å². The Morgan fingerprint density at radius 1 is 1.15 bits per heavy atom. The van der Waals surface area contributed by atoms with E-state index in [1.165, 1.54) is 5.56 Å². The number of benzene rings is 1. The molecule has 3 rings (SSSR count). The number of aliphatic imine (C=N–C) groups is 1. The SMILES string of the molecule is CCNC(=NCc1c(CC)noc1CC)NCCc1ccc(OCC(=O)NC2CC2)cc1.I. The summed E-state index contributed by atoms with van der Waals surface area (Å²) >= 11 is 0. The van der Waals surface area contributed by atoms with E-state index in [0.717, 1.165) is 68.2 Å². The maximum atomic E-state index is 11.7. The highest BCUT2D eigenvalue weighted by Crippen LogP contribution is 2.19. The lowest BCUT2D eigenvalue weighted by Gasteiger charge is -2.12. The molecule has 0 bridgehead atoms. The number of nitrogens with zero attached hydrogens (tertiary/aromatic N) is 2. The van der Waals surface area contributed by atoms with Gasteiger partial charge in [-0.15, -0.1) is 24.0 Å². The first kappa shape index (κ1) is 26.9. The molecule has 1 amide bonds. The molecule has 0 atom stereocenters. The summed E-state index contributed by atoms with van der Waals surface area (Å²) in [7, 11) is 0. The zero-order valence-corrected chi connectivity index (χ0v) is 22.1. The fourth-order valence-electron chi connectivity index (χ4n) is 3.34. The number of carbonyl (C=O) groups excluding carboxylic acids is 1. The first-order valence-corrected chi connectivity index (χ1v) is 11.6. The van der Waals surface area contributed by atoms with Crippen molar-refractivity contribution in [1.29, 1.82) is 0 Å². The second-order valence-electron chi connectivity index (χ2n) is 7.88. The van der Waals surface area contributed by atoms with Gasteiger partial charge in [-0.2, -0.15) is 0 Å².